The normalized spacial score (nSPS) is 13.9. The van der Waals surface area contributed by atoms with E-state index >= 15 is 0 Å². The highest BCUT2D eigenvalue weighted by atomic mass is 32.1. The van der Waals surface area contributed by atoms with E-state index in [0.29, 0.717) is 0 Å². The van der Waals surface area contributed by atoms with Crippen LogP contribution in [0.15, 0.2) is 156 Å². The Labute approximate surface area is 454 Å². The van der Waals surface area contributed by atoms with Crippen molar-refractivity contribution in [2.75, 3.05) is 9.80 Å². The summed E-state index contributed by atoms with van der Waals surface area (Å²) in [5, 5.41) is 4.90. The molecule has 0 saturated carbocycles. The van der Waals surface area contributed by atoms with Gasteiger partial charge in [-0.2, -0.15) is 0 Å². The second-order valence-electron chi connectivity index (χ2n) is 27.2. The first kappa shape index (κ1) is 48.6. The van der Waals surface area contributed by atoms with Gasteiger partial charge in [0.1, 0.15) is 5.58 Å². The SMILES string of the molecule is CC(C)(C)c1ccc(N(c2ccc(C(C)(C)C)cc2)c2ccc3c(c2)N(c2cccc4c2oc2cc(C(C)(C)C)ccc24)c2cc(C(C)(C)C)cc4c2B3c2cc(C(C)(C)C)cc3c5sc6ccccc6c5n-4c23)cc1. The summed E-state index contributed by atoms with van der Waals surface area (Å²) in [4.78, 5) is 5.05. The number of anilines is 6. The number of thiophene rings is 1. The fourth-order valence-corrected chi connectivity index (χ4v) is 13.5. The maximum Gasteiger partial charge on any atom is 0.252 e. The van der Waals surface area contributed by atoms with Gasteiger partial charge in [0.15, 0.2) is 5.58 Å². The summed E-state index contributed by atoms with van der Waals surface area (Å²) < 4.78 is 12.6. The zero-order valence-corrected chi connectivity index (χ0v) is 48.0. The molecule has 0 atom stereocenters. The monoisotopic (exact) mass is 1010 g/mol. The molecule has 3 aromatic heterocycles. The predicted octanol–water partition coefficient (Wildman–Crippen LogP) is 18.5. The van der Waals surface area contributed by atoms with E-state index in [2.05, 4.69) is 270 Å². The summed E-state index contributed by atoms with van der Waals surface area (Å²) in [7, 11) is 0. The van der Waals surface area contributed by atoms with Crippen LogP contribution in [0.3, 0.4) is 0 Å². The van der Waals surface area contributed by atoms with Crippen LogP contribution in [-0.4, -0.2) is 11.3 Å². The van der Waals surface area contributed by atoms with Gasteiger partial charge in [-0.25, -0.2) is 0 Å². The number of aromatic nitrogens is 1. The van der Waals surface area contributed by atoms with Crippen LogP contribution < -0.4 is 26.2 Å². The van der Waals surface area contributed by atoms with E-state index in [1.807, 2.05) is 11.3 Å². The number of rotatable bonds is 4. The van der Waals surface area contributed by atoms with Gasteiger partial charge in [0, 0.05) is 60.4 Å². The Morgan fingerprint density at radius 3 is 1.61 bits per heavy atom. The van der Waals surface area contributed by atoms with Crippen LogP contribution in [0, 0.1) is 0 Å². The Hall–Kier alpha value is -7.02. The van der Waals surface area contributed by atoms with E-state index in [4.69, 9.17) is 4.42 Å². The van der Waals surface area contributed by atoms with Gasteiger partial charge in [-0.3, -0.25) is 0 Å². The van der Waals surface area contributed by atoms with Crippen molar-refractivity contribution in [3.63, 3.8) is 0 Å². The number of furan rings is 1. The summed E-state index contributed by atoms with van der Waals surface area (Å²) in [6.07, 6.45) is 0. The van der Waals surface area contributed by atoms with Crippen LogP contribution >= 0.6 is 11.3 Å². The zero-order valence-electron chi connectivity index (χ0n) is 47.2. The van der Waals surface area contributed by atoms with Gasteiger partial charge in [-0.05, 0) is 144 Å². The van der Waals surface area contributed by atoms with Crippen molar-refractivity contribution >= 4 is 122 Å². The van der Waals surface area contributed by atoms with Crippen molar-refractivity contribution in [2.45, 2.75) is 131 Å². The molecule has 8 aromatic carbocycles. The Bertz CT molecular complexity index is 4130. The van der Waals surface area contributed by atoms with Crippen LogP contribution in [0.25, 0.3) is 58.8 Å². The van der Waals surface area contributed by atoms with Gasteiger partial charge < -0.3 is 18.8 Å². The number of nitrogens with zero attached hydrogens (tertiary/aromatic N) is 3. The Morgan fingerprint density at radius 1 is 0.408 bits per heavy atom. The average molecular weight is 1010 g/mol. The third kappa shape index (κ3) is 7.44. The highest BCUT2D eigenvalue weighted by Gasteiger charge is 2.45. The quantitative estimate of drug-likeness (QED) is 0.164. The smallest absolute Gasteiger partial charge is 0.252 e. The first-order valence-electron chi connectivity index (χ1n) is 27.4. The fraction of sp³-hybridized carbons (Fsp3) is 0.286. The number of hydrogen-bond donors (Lipinski definition) is 0. The lowest BCUT2D eigenvalue weighted by Crippen LogP contribution is -2.60. The van der Waals surface area contributed by atoms with Gasteiger partial charge in [0.05, 0.1) is 21.4 Å². The molecule has 0 spiro atoms. The third-order valence-electron chi connectivity index (χ3n) is 16.7. The highest BCUT2D eigenvalue weighted by Crippen LogP contribution is 2.51. The zero-order chi connectivity index (χ0) is 53.3. The van der Waals surface area contributed by atoms with Crippen molar-refractivity contribution in [1.82, 2.24) is 4.57 Å². The maximum absolute atomic E-state index is 7.27. The molecule has 4 nitrogen and oxygen atoms in total. The van der Waals surface area contributed by atoms with Crippen LogP contribution in [-0.2, 0) is 27.1 Å². The molecule has 2 aliphatic rings. The van der Waals surface area contributed by atoms with Crippen molar-refractivity contribution in [2.24, 2.45) is 0 Å². The molecule has 13 rings (SSSR count). The molecule has 380 valence electrons. The molecular formula is C70H70BN3OS. The van der Waals surface area contributed by atoms with Gasteiger partial charge >= 0.3 is 0 Å². The second-order valence-corrected chi connectivity index (χ2v) is 28.2. The Balaban J connectivity index is 1.16. The first-order chi connectivity index (χ1) is 35.8. The van der Waals surface area contributed by atoms with E-state index in [9.17, 15) is 0 Å². The van der Waals surface area contributed by atoms with Crippen molar-refractivity contribution in [3.05, 3.63) is 179 Å². The number of benzene rings is 8. The number of hydrogen-bond acceptors (Lipinski definition) is 4. The summed E-state index contributed by atoms with van der Waals surface area (Å²) in [5.74, 6) is 0. The molecule has 0 N–H and O–H groups in total. The molecule has 0 aliphatic carbocycles. The average Bonchev–Trinajstić information content (AvgIpc) is 4.23. The molecule has 0 saturated heterocycles. The standard InChI is InChI=1S/C70H70BN3OS/c1-66(2,3)41-23-28-46(29-24-41)72(47-30-25-42(26-31-47)67(4,5)6)48-32-34-53-56(40-48)73(55-21-18-20-50-49-33-27-43(68(7,8)9)39-59(49)75-64(50)55)57-37-45(70(13,14)15)38-58-61(57)71(53)54-36-44(69(10,11)12)35-52-62(54)74(58)63-51-19-16-17-22-60(51)76-65(52)63/h16-40H,1-15H3. The third-order valence-corrected chi connectivity index (χ3v) is 17.9. The van der Waals surface area contributed by atoms with Crippen molar-refractivity contribution < 1.29 is 4.42 Å². The van der Waals surface area contributed by atoms with Gasteiger partial charge in [0.25, 0.3) is 6.71 Å². The molecule has 0 bridgehead atoms. The van der Waals surface area contributed by atoms with E-state index in [1.54, 1.807) is 0 Å². The van der Waals surface area contributed by atoms with E-state index in [0.717, 1.165) is 50.4 Å². The summed E-state index contributed by atoms with van der Waals surface area (Å²) in [6.45, 7) is 34.8. The fourth-order valence-electron chi connectivity index (χ4n) is 12.3. The van der Waals surface area contributed by atoms with Gasteiger partial charge in [-0.15, -0.1) is 11.3 Å². The minimum Gasteiger partial charge on any atom is -0.454 e. The van der Waals surface area contributed by atoms with Crippen molar-refractivity contribution in [1.29, 1.82) is 0 Å². The van der Waals surface area contributed by atoms with Crippen LogP contribution in [0.4, 0.5) is 34.1 Å². The van der Waals surface area contributed by atoms with Crippen LogP contribution in [0.1, 0.15) is 132 Å². The largest absolute Gasteiger partial charge is 0.454 e. The topological polar surface area (TPSA) is 24.6 Å². The molecule has 11 aromatic rings. The molecule has 0 radical (unpaired) electrons. The molecule has 5 heterocycles. The lowest BCUT2D eigenvalue weighted by Gasteiger charge is -2.42. The first-order valence-corrected chi connectivity index (χ1v) is 28.3. The minimum atomic E-state index is -0.169. The molecule has 6 heteroatoms. The Kier molecular flexibility index (Phi) is 10.4. The maximum atomic E-state index is 7.27. The number of fused-ring (bicyclic) bond motifs is 12. The second kappa shape index (κ2) is 16.3. The van der Waals surface area contributed by atoms with Crippen molar-refractivity contribution in [3.8, 4) is 5.69 Å². The highest BCUT2D eigenvalue weighted by molar-refractivity contribution is 7.26. The van der Waals surface area contributed by atoms with Crippen LogP contribution in [0.5, 0.6) is 0 Å². The molecule has 0 amide bonds. The summed E-state index contributed by atoms with van der Waals surface area (Å²) >= 11 is 1.94. The molecule has 2 aliphatic heterocycles. The number of para-hydroxylation sites is 1. The van der Waals surface area contributed by atoms with Gasteiger partial charge in [0.2, 0.25) is 0 Å². The summed E-state index contributed by atoms with van der Waals surface area (Å²) in [5.41, 5.74) is 22.7. The molecule has 76 heavy (non-hydrogen) atoms. The molecule has 0 unspecified atom stereocenters. The van der Waals surface area contributed by atoms with E-state index in [-0.39, 0.29) is 33.8 Å². The van der Waals surface area contributed by atoms with E-state index < -0.39 is 0 Å². The lowest BCUT2D eigenvalue weighted by molar-refractivity contribution is 0.587. The summed E-state index contributed by atoms with van der Waals surface area (Å²) in [6, 6.07) is 58.6. The Morgan fingerprint density at radius 2 is 0.974 bits per heavy atom. The minimum absolute atomic E-state index is 0.0198. The molecule has 0 fully saturated rings. The molecular weight excluding hydrogens is 942 g/mol. The lowest BCUT2D eigenvalue weighted by atomic mass is 9.33. The van der Waals surface area contributed by atoms with Crippen LogP contribution in [0.2, 0.25) is 0 Å². The van der Waals surface area contributed by atoms with E-state index in [1.165, 1.54) is 86.8 Å². The predicted molar refractivity (Wildman–Crippen MR) is 331 cm³/mol. The van der Waals surface area contributed by atoms with Gasteiger partial charge in [-0.1, -0.05) is 183 Å².